The smallest absolute Gasteiger partial charge is 0.303 e. The van der Waals surface area contributed by atoms with Gasteiger partial charge in [0.2, 0.25) is 0 Å². The second-order valence-corrected chi connectivity index (χ2v) is 4.75. The van der Waals surface area contributed by atoms with Crippen molar-refractivity contribution in [1.29, 1.82) is 0 Å². The Kier molecular flexibility index (Phi) is 3.27. The highest BCUT2D eigenvalue weighted by Crippen LogP contribution is 2.28. The number of nitrogens with zero attached hydrogens (tertiary/aromatic N) is 1. The van der Waals surface area contributed by atoms with Gasteiger partial charge in [-0.2, -0.15) is 17.6 Å². The molecule has 4 nitrogen and oxygen atoms in total. The zero-order valence-corrected chi connectivity index (χ0v) is 10.3. The van der Waals surface area contributed by atoms with Crippen molar-refractivity contribution in [3.8, 4) is 5.00 Å². The maximum absolute atomic E-state index is 12.9. The van der Waals surface area contributed by atoms with E-state index in [2.05, 4.69) is 0 Å². The van der Waals surface area contributed by atoms with Crippen molar-refractivity contribution < 1.29 is 17.6 Å². The molecular weight excluding hydrogens is 312 g/mol. The molecular formula is C9H3ClF4N2O2S. The van der Waals surface area contributed by atoms with Crippen LogP contribution in [-0.4, -0.2) is 9.55 Å². The van der Waals surface area contributed by atoms with Gasteiger partial charge in [-0.25, -0.2) is 9.36 Å². The zero-order valence-electron chi connectivity index (χ0n) is 8.72. The molecule has 102 valence electrons. The number of rotatable bonds is 1. The van der Waals surface area contributed by atoms with E-state index in [1.165, 1.54) is 4.98 Å². The number of hydrogen-bond donors (Lipinski definition) is 1. The van der Waals surface area contributed by atoms with E-state index in [9.17, 15) is 27.2 Å². The van der Waals surface area contributed by atoms with E-state index >= 15 is 0 Å². The third kappa shape index (κ3) is 2.56. The van der Waals surface area contributed by atoms with Crippen LogP contribution in [-0.2, 0) is 6.18 Å². The predicted molar refractivity (Wildman–Crippen MR) is 60.5 cm³/mol. The Labute approximate surface area is 110 Å². The zero-order chi connectivity index (χ0) is 14.4. The van der Waals surface area contributed by atoms with Crippen LogP contribution < -0.4 is 11.2 Å². The van der Waals surface area contributed by atoms with Crippen LogP contribution in [0.1, 0.15) is 5.69 Å². The van der Waals surface area contributed by atoms with Crippen molar-refractivity contribution in [1.82, 2.24) is 9.55 Å². The van der Waals surface area contributed by atoms with Crippen LogP contribution in [0.4, 0.5) is 17.6 Å². The first-order valence-corrected chi connectivity index (χ1v) is 5.78. The number of H-pyrrole nitrogens is 1. The molecule has 2 heterocycles. The lowest BCUT2D eigenvalue weighted by Gasteiger charge is -2.07. The Morgan fingerprint density at radius 2 is 1.89 bits per heavy atom. The van der Waals surface area contributed by atoms with Gasteiger partial charge < -0.3 is 4.98 Å². The summed E-state index contributed by atoms with van der Waals surface area (Å²) in [6.07, 6.45) is -4.86. The van der Waals surface area contributed by atoms with Crippen molar-refractivity contribution in [3.63, 3.8) is 0 Å². The summed E-state index contributed by atoms with van der Waals surface area (Å²) in [6.45, 7) is 0. The summed E-state index contributed by atoms with van der Waals surface area (Å²) >= 11 is 5.96. The van der Waals surface area contributed by atoms with E-state index in [-0.39, 0.29) is 16.1 Å². The van der Waals surface area contributed by atoms with Crippen molar-refractivity contribution in [2.24, 2.45) is 0 Å². The maximum atomic E-state index is 12.9. The van der Waals surface area contributed by atoms with Crippen LogP contribution in [0.5, 0.6) is 0 Å². The molecule has 2 rings (SSSR count). The number of aromatic nitrogens is 2. The quantitative estimate of drug-likeness (QED) is 0.822. The molecule has 19 heavy (non-hydrogen) atoms. The minimum atomic E-state index is -4.86. The van der Waals surface area contributed by atoms with Crippen LogP contribution in [0.3, 0.4) is 0 Å². The van der Waals surface area contributed by atoms with Gasteiger partial charge in [-0.15, -0.1) is 0 Å². The van der Waals surface area contributed by atoms with Crippen LogP contribution in [0.25, 0.3) is 5.00 Å². The molecule has 2 aromatic heterocycles. The molecule has 0 aliphatic heterocycles. The average Bonchev–Trinajstić information content (AvgIpc) is 2.55. The molecule has 0 aliphatic carbocycles. The molecule has 0 atom stereocenters. The lowest BCUT2D eigenvalue weighted by molar-refractivity contribution is -0.141. The van der Waals surface area contributed by atoms with E-state index in [0.717, 1.165) is 6.07 Å². The van der Waals surface area contributed by atoms with Gasteiger partial charge in [0.15, 0.2) is 5.13 Å². The first kappa shape index (κ1) is 13.8. The number of hydrogen-bond acceptors (Lipinski definition) is 3. The summed E-state index contributed by atoms with van der Waals surface area (Å²) in [7, 11) is 0. The molecule has 2 aromatic rings. The van der Waals surface area contributed by atoms with Crippen molar-refractivity contribution >= 4 is 22.9 Å². The first-order valence-electron chi connectivity index (χ1n) is 4.59. The van der Waals surface area contributed by atoms with E-state index < -0.39 is 28.3 Å². The highest BCUT2D eigenvalue weighted by molar-refractivity contribution is 7.13. The monoisotopic (exact) mass is 314 g/mol. The molecule has 0 saturated heterocycles. The lowest BCUT2D eigenvalue weighted by Crippen LogP contribution is -2.35. The van der Waals surface area contributed by atoms with E-state index in [1.807, 2.05) is 0 Å². The third-order valence-electron chi connectivity index (χ3n) is 2.08. The fourth-order valence-corrected chi connectivity index (χ4v) is 2.47. The Morgan fingerprint density at radius 1 is 1.26 bits per heavy atom. The molecule has 0 radical (unpaired) electrons. The molecule has 0 bridgehead atoms. The Balaban J connectivity index is 2.71. The normalized spacial score (nSPS) is 11.8. The standard InChI is InChI=1S/C9H3ClF4N2O2S/c10-3-1-5(11)19-7(3)16-6(17)2-4(9(12,13)14)15-8(16)18/h1-2H,(H,15,18). The van der Waals surface area contributed by atoms with Gasteiger partial charge in [0.05, 0.1) is 5.02 Å². The second kappa shape index (κ2) is 4.49. The van der Waals surface area contributed by atoms with Gasteiger partial charge in [-0.3, -0.25) is 4.79 Å². The number of thiophene rings is 1. The number of alkyl halides is 3. The molecule has 1 N–H and O–H groups in total. The summed E-state index contributed by atoms with van der Waals surface area (Å²) in [6, 6.07) is 1.06. The molecule has 0 aromatic carbocycles. The third-order valence-corrected chi connectivity index (χ3v) is 3.39. The van der Waals surface area contributed by atoms with E-state index in [0.29, 0.717) is 15.9 Å². The maximum Gasteiger partial charge on any atom is 0.431 e. The molecule has 10 heteroatoms. The van der Waals surface area contributed by atoms with Crippen molar-refractivity contribution in [2.75, 3.05) is 0 Å². The second-order valence-electron chi connectivity index (χ2n) is 3.36. The van der Waals surface area contributed by atoms with E-state index in [1.54, 1.807) is 0 Å². The number of aromatic amines is 1. The molecule has 0 saturated carbocycles. The summed E-state index contributed by atoms with van der Waals surface area (Å²) in [5.41, 5.74) is -4.07. The fraction of sp³-hybridized carbons (Fsp3) is 0.111. The average molecular weight is 315 g/mol. The molecule has 0 spiro atoms. The fourth-order valence-electron chi connectivity index (χ4n) is 1.32. The molecule has 0 amide bonds. The largest absolute Gasteiger partial charge is 0.431 e. The van der Waals surface area contributed by atoms with Crippen LogP contribution in [0.2, 0.25) is 5.02 Å². The summed E-state index contributed by atoms with van der Waals surface area (Å²) in [5, 5.41) is -1.29. The highest BCUT2D eigenvalue weighted by atomic mass is 35.5. The number of halogens is 5. The Hall–Kier alpha value is -1.61. The minimum Gasteiger partial charge on any atom is -0.303 e. The van der Waals surface area contributed by atoms with Gasteiger partial charge in [-0.05, 0) is 0 Å². The van der Waals surface area contributed by atoms with Crippen molar-refractivity contribution in [2.45, 2.75) is 6.18 Å². The molecule has 0 fully saturated rings. The molecule has 0 unspecified atom stereocenters. The van der Waals surface area contributed by atoms with Gasteiger partial charge in [0.1, 0.15) is 10.7 Å². The lowest BCUT2D eigenvalue weighted by atomic mass is 10.4. The van der Waals surface area contributed by atoms with E-state index in [4.69, 9.17) is 11.6 Å². The topological polar surface area (TPSA) is 54.9 Å². The highest BCUT2D eigenvalue weighted by Gasteiger charge is 2.33. The van der Waals surface area contributed by atoms with Gasteiger partial charge in [-0.1, -0.05) is 22.9 Å². The van der Waals surface area contributed by atoms with Gasteiger partial charge in [0.25, 0.3) is 5.56 Å². The summed E-state index contributed by atoms with van der Waals surface area (Å²) in [4.78, 5) is 24.5. The summed E-state index contributed by atoms with van der Waals surface area (Å²) < 4.78 is 50.4. The first-order chi connectivity index (χ1) is 8.70. The predicted octanol–water partition coefficient (Wildman–Crippen LogP) is 2.40. The van der Waals surface area contributed by atoms with Gasteiger partial charge in [0, 0.05) is 12.1 Å². The molecule has 0 aliphatic rings. The SMILES string of the molecule is O=c1cc(C(F)(F)F)[nH]c(=O)n1-c1sc(F)cc1Cl. The van der Waals surface area contributed by atoms with Crippen LogP contribution >= 0.6 is 22.9 Å². The van der Waals surface area contributed by atoms with Crippen molar-refractivity contribution in [3.05, 3.63) is 48.8 Å². The minimum absolute atomic E-state index is 0.204. The summed E-state index contributed by atoms with van der Waals surface area (Å²) in [5.74, 6) is 0. The number of nitrogens with one attached hydrogen (secondary N) is 1. The Morgan fingerprint density at radius 3 is 2.32 bits per heavy atom. The Bertz CT molecular complexity index is 715. The van der Waals surface area contributed by atoms with Crippen LogP contribution in [0.15, 0.2) is 21.7 Å². The van der Waals surface area contributed by atoms with Crippen LogP contribution in [0, 0.1) is 5.13 Å². The van der Waals surface area contributed by atoms with Gasteiger partial charge >= 0.3 is 11.9 Å².